The number of non-ortho nitro benzene ring substituents is 1. The maximum absolute atomic E-state index is 11.8. The van der Waals surface area contributed by atoms with Crippen LogP contribution in [-0.2, 0) is 4.79 Å². The number of hydrogen-bond acceptors (Lipinski definition) is 4. The number of benzene rings is 1. The molecule has 0 aromatic heterocycles. The molecule has 18 heavy (non-hydrogen) atoms. The molecule has 1 aliphatic heterocycles. The Labute approximate surface area is 116 Å². The molecule has 1 amide bonds. The van der Waals surface area contributed by atoms with Crippen molar-refractivity contribution >= 4 is 39.9 Å². The smallest absolute Gasteiger partial charge is 0.269 e. The van der Waals surface area contributed by atoms with Crippen LogP contribution >= 0.6 is 22.6 Å². The van der Waals surface area contributed by atoms with Crippen LogP contribution in [0.5, 0.6) is 0 Å². The van der Waals surface area contributed by atoms with E-state index in [1.807, 2.05) is 22.6 Å². The van der Waals surface area contributed by atoms with Gasteiger partial charge in [0, 0.05) is 27.5 Å². The summed E-state index contributed by atoms with van der Waals surface area (Å²) in [5.74, 6) is -0.349. The van der Waals surface area contributed by atoms with Crippen LogP contribution in [0.1, 0.15) is 6.92 Å². The molecule has 7 heteroatoms. The number of carbonyl (C=O) groups excluding carboxylic acids is 1. The number of rotatable bonds is 2. The molecule has 1 N–H and O–H groups in total. The summed E-state index contributed by atoms with van der Waals surface area (Å²) < 4.78 is 0.503. The van der Waals surface area contributed by atoms with Gasteiger partial charge in [-0.25, -0.2) is 0 Å². The predicted octanol–water partition coefficient (Wildman–Crippen LogP) is 1.97. The van der Waals surface area contributed by atoms with Gasteiger partial charge in [-0.2, -0.15) is 0 Å². The number of anilines is 1. The molecule has 6 nitrogen and oxygen atoms in total. The predicted molar refractivity (Wildman–Crippen MR) is 73.3 cm³/mol. The zero-order chi connectivity index (χ0) is 13.5. The molecule has 0 aliphatic carbocycles. The maximum atomic E-state index is 11.8. The van der Waals surface area contributed by atoms with E-state index in [2.05, 4.69) is 0 Å². The summed E-state index contributed by atoms with van der Waals surface area (Å²) in [4.78, 5) is 23.0. The monoisotopic (exact) mass is 360 g/mol. The Morgan fingerprint density at radius 3 is 2.33 bits per heavy atom. The Kier molecular flexibility index (Phi) is 3.11. The highest BCUT2D eigenvalue weighted by molar-refractivity contribution is 14.1. The summed E-state index contributed by atoms with van der Waals surface area (Å²) in [5, 5.41) is 20.8. The first-order valence-corrected chi connectivity index (χ1v) is 6.10. The lowest BCUT2D eigenvalue weighted by atomic mass is 10.2. The van der Waals surface area contributed by atoms with E-state index in [9.17, 15) is 20.0 Å². The summed E-state index contributed by atoms with van der Waals surface area (Å²) in [6.07, 6.45) is 1.34. The van der Waals surface area contributed by atoms with Crippen molar-refractivity contribution in [3.63, 3.8) is 0 Å². The van der Waals surface area contributed by atoms with Crippen molar-refractivity contribution in [3.8, 4) is 0 Å². The quantitative estimate of drug-likeness (QED) is 0.497. The second-order valence-corrected chi connectivity index (χ2v) is 5.12. The lowest BCUT2D eigenvalue weighted by Gasteiger charge is -2.31. The van der Waals surface area contributed by atoms with Crippen molar-refractivity contribution < 1.29 is 14.8 Å². The molecular formula is C11H9IN2O4. The van der Waals surface area contributed by atoms with Crippen LogP contribution < -0.4 is 4.90 Å². The van der Waals surface area contributed by atoms with Gasteiger partial charge in [-0.15, -0.1) is 0 Å². The molecule has 0 spiro atoms. The van der Waals surface area contributed by atoms with Gasteiger partial charge >= 0.3 is 0 Å². The number of halogens is 1. The first-order valence-electron chi connectivity index (χ1n) is 5.03. The molecule has 94 valence electrons. The number of nitrogens with zero attached hydrogens (tertiary/aromatic N) is 2. The molecule has 0 unspecified atom stereocenters. The summed E-state index contributed by atoms with van der Waals surface area (Å²) in [5.41, 5.74) is -1.06. The van der Waals surface area contributed by atoms with E-state index >= 15 is 0 Å². The number of carbonyl (C=O) groups is 1. The highest BCUT2D eigenvalue weighted by Crippen LogP contribution is 2.37. The second-order valence-electron chi connectivity index (χ2n) is 3.96. The van der Waals surface area contributed by atoms with Gasteiger partial charge in [-0.05, 0) is 41.6 Å². The van der Waals surface area contributed by atoms with Crippen LogP contribution in [0.15, 0.2) is 33.9 Å². The van der Waals surface area contributed by atoms with E-state index < -0.39 is 10.6 Å². The third-order valence-electron chi connectivity index (χ3n) is 2.68. The van der Waals surface area contributed by atoms with E-state index in [4.69, 9.17) is 0 Å². The van der Waals surface area contributed by atoms with Gasteiger partial charge in [-0.1, -0.05) is 0 Å². The van der Waals surface area contributed by atoms with E-state index in [1.165, 1.54) is 42.2 Å². The van der Waals surface area contributed by atoms with Crippen molar-refractivity contribution in [3.05, 3.63) is 44.0 Å². The van der Waals surface area contributed by atoms with Crippen LogP contribution in [0.3, 0.4) is 0 Å². The van der Waals surface area contributed by atoms with Gasteiger partial charge in [0.15, 0.2) is 5.72 Å². The second kappa shape index (κ2) is 4.32. The zero-order valence-electron chi connectivity index (χ0n) is 9.33. The average molecular weight is 360 g/mol. The number of nitro groups is 1. The van der Waals surface area contributed by atoms with E-state index in [0.29, 0.717) is 9.27 Å². The van der Waals surface area contributed by atoms with Crippen molar-refractivity contribution in [2.24, 2.45) is 0 Å². The van der Waals surface area contributed by atoms with E-state index in [1.54, 1.807) is 0 Å². The van der Waals surface area contributed by atoms with Crippen LogP contribution in [0.2, 0.25) is 0 Å². The third-order valence-corrected chi connectivity index (χ3v) is 4.01. The average Bonchev–Trinajstić information content (AvgIpc) is 2.48. The highest BCUT2D eigenvalue weighted by Gasteiger charge is 2.42. The van der Waals surface area contributed by atoms with Crippen molar-refractivity contribution in [1.29, 1.82) is 0 Å². The zero-order valence-corrected chi connectivity index (χ0v) is 11.5. The SMILES string of the molecule is C[C@@]1(O)C(I)=CC(=O)N1c1ccc([N+](=O)[O-])cc1. The Morgan fingerprint density at radius 1 is 1.39 bits per heavy atom. The molecule has 2 rings (SSSR count). The Hall–Kier alpha value is -1.48. The van der Waals surface area contributed by atoms with Gasteiger partial charge in [0.2, 0.25) is 0 Å². The van der Waals surface area contributed by atoms with E-state index in [0.717, 1.165) is 0 Å². The summed E-state index contributed by atoms with van der Waals surface area (Å²) in [6, 6.07) is 5.47. The third kappa shape index (κ3) is 1.99. The Balaban J connectivity index is 2.38. The van der Waals surface area contributed by atoms with Crippen LogP contribution in [-0.4, -0.2) is 21.7 Å². The van der Waals surface area contributed by atoms with Gasteiger partial charge in [0.05, 0.1) is 4.92 Å². The highest BCUT2D eigenvalue weighted by atomic mass is 127. The van der Waals surface area contributed by atoms with Gasteiger partial charge in [0.25, 0.3) is 11.6 Å². The minimum atomic E-state index is -1.41. The lowest BCUT2D eigenvalue weighted by molar-refractivity contribution is -0.384. The molecule has 1 aromatic carbocycles. The van der Waals surface area contributed by atoms with Gasteiger partial charge in [-0.3, -0.25) is 19.8 Å². The van der Waals surface area contributed by atoms with Crippen molar-refractivity contribution in [1.82, 2.24) is 0 Å². The lowest BCUT2D eigenvalue weighted by Crippen LogP contribution is -2.45. The Morgan fingerprint density at radius 2 is 1.94 bits per heavy atom. The molecule has 1 aliphatic rings. The van der Waals surface area contributed by atoms with Gasteiger partial charge < -0.3 is 5.11 Å². The first-order chi connectivity index (χ1) is 8.34. The maximum Gasteiger partial charge on any atom is 0.269 e. The number of nitro benzene ring substituents is 1. The molecule has 1 aromatic rings. The molecule has 1 heterocycles. The molecular weight excluding hydrogens is 351 g/mol. The normalized spacial score (nSPS) is 23.2. The molecule has 0 saturated carbocycles. The number of aliphatic hydroxyl groups is 1. The summed E-state index contributed by atoms with van der Waals surface area (Å²) in [6.45, 7) is 1.50. The van der Waals surface area contributed by atoms with Crippen LogP contribution in [0.25, 0.3) is 0 Å². The number of amides is 1. The fourth-order valence-corrected chi connectivity index (χ4v) is 2.24. The summed E-state index contributed by atoms with van der Waals surface area (Å²) in [7, 11) is 0. The molecule has 1 atom stereocenters. The van der Waals surface area contributed by atoms with Crippen molar-refractivity contribution in [2.75, 3.05) is 4.90 Å². The van der Waals surface area contributed by atoms with Crippen LogP contribution in [0.4, 0.5) is 11.4 Å². The van der Waals surface area contributed by atoms with Crippen molar-refractivity contribution in [2.45, 2.75) is 12.6 Å². The largest absolute Gasteiger partial charge is 0.366 e. The standard InChI is InChI=1S/C11H9IN2O4/c1-11(16)9(12)6-10(15)13(11)7-2-4-8(5-3-7)14(17)18/h2-6,16H,1H3/t11-/m1/s1. The minimum Gasteiger partial charge on any atom is -0.366 e. The molecule has 0 saturated heterocycles. The fourth-order valence-electron chi connectivity index (χ4n) is 1.73. The number of hydrogen-bond donors (Lipinski definition) is 1. The topological polar surface area (TPSA) is 83.7 Å². The van der Waals surface area contributed by atoms with Crippen LogP contribution in [0, 0.1) is 10.1 Å². The van der Waals surface area contributed by atoms with Gasteiger partial charge in [0.1, 0.15) is 0 Å². The fraction of sp³-hybridized carbons (Fsp3) is 0.182. The summed E-state index contributed by atoms with van der Waals surface area (Å²) >= 11 is 1.89. The molecule has 0 radical (unpaired) electrons. The van der Waals surface area contributed by atoms with E-state index in [-0.39, 0.29) is 11.6 Å². The molecule has 0 fully saturated rings. The minimum absolute atomic E-state index is 0.0623. The molecule has 0 bridgehead atoms. The Bertz CT molecular complexity index is 551. The first kappa shape index (κ1) is 13.0.